The minimum absolute atomic E-state index is 0.0437. The lowest BCUT2D eigenvalue weighted by atomic mass is 9.99. The molecule has 1 atom stereocenters. The number of rotatable bonds is 11. The highest BCUT2D eigenvalue weighted by Gasteiger charge is 2.33. The number of fused-ring (bicyclic) bond motifs is 1. The van der Waals surface area contributed by atoms with E-state index in [2.05, 4.69) is 9.84 Å². The number of halogens is 2. The average molecular weight is 539 g/mol. The van der Waals surface area contributed by atoms with E-state index in [9.17, 15) is 18.4 Å². The molecule has 0 spiro atoms. The monoisotopic (exact) mass is 538 g/mol. The molecule has 0 radical (unpaired) electrons. The van der Waals surface area contributed by atoms with E-state index in [1.165, 1.54) is 10.6 Å². The smallest absolute Gasteiger partial charge is 0.388 e. The van der Waals surface area contributed by atoms with Gasteiger partial charge in [0.05, 0.1) is 12.6 Å². The van der Waals surface area contributed by atoms with Crippen molar-refractivity contribution in [2.45, 2.75) is 46.4 Å². The molecule has 9 nitrogen and oxygen atoms in total. The first-order valence-corrected chi connectivity index (χ1v) is 12.8. The number of carbonyl (C=O) groups is 1. The van der Waals surface area contributed by atoms with Crippen LogP contribution in [0.2, 0.25) is 0 Å². The molecule has 39 heavy (non-hydrogen) atoms. The van der Waals surface area contributed by atoms with Crippen LogP contribution in [0.15, 0.2) is 65.5 Å². The number of aromatic nitrogens is 4. The third-order valence-corrected chi connectivity index (χ3v) is 6.37. The van der Waals surface area contributed by atoms with Gasteiger partial charge in [-0.1, -0.05) is 61.9 Å². The maximum absolute atomic E-state index is 13.9. The molecular formula is C28H32F2N6O3. The minimum Gasteiger partial charge on any atom is -0.415 e. The Morgan fingerprint density at radius 3 is 2.41 bits per heavy atom. The van der Waals surface area contributed by atoms with E-state index in [4.69, 9.17) is 10.7 Å². The van der Waals surface area contributed by atoms with Crippen LogP contribution in [0.25, 0.3) is 5.65 Å². The zero-order valence-corrected chi connectivity index (χ0v) is 22.1. The number of carbonyl (C=O) groups excluding carboxylic acids is 1. The molecule has 0 bridgehead atoms. The zero-order valence-electron chi connectivity index (χ0n) is 22.1. The number of alkyl halides is 2. The highest BCUT2D eigenvalue weighted by atomic mass is 19.3. The molecule has 4 aromatic rings. The summed E-state index contributed by atoms with van der Waals surface area (Å²) >= 11 is 0. The summed E-state index contributed by atoms with van der Waals surface area (Å²) < 4.78 is 32.6. The molecule has 206 valence electrons. The Hall–Kier alpha value is -4.12. The van der Waals surface area contributed by atoms with E-state index in [0.717, 1.165) is 15.6 Å². The molecule has 0 saturated heterocycles. The molecule has 2 aromatic heterocycles. The molecule has 11 heteroatoms. The highest BCUT2D eigenvalue weighted by molar-refractivity contribution is 5.94. The van der Waals surface area contributed by atoms with Gasteiger partial charge in [0, 0.05) is 18.2 Å². The van der Waals surface area contributed by atoms with Crippen molar-refractivity contribution in [1.29, 1.82) is 0 Å². The summed E-state index contributed by atoms with van der Waals surface area (Å²) in [5, 5.41) is 3.91. The van der Waals surface area contributed by atoms with Crippen LogP contribution in [-0.2, 0) is 6.54 Å². The fraction of sp³-hybridized carbons (Fsp3) is 0.357. The SMILES string of the molecule is Cc1ccc(C(=O)N(CCCN)[C@H](c2nc3cc(OC(F)F)nn3c(=O)n2Cc2ccccc2)C(C)C)cc1. The molecule has 2 heterocycles. The standard InChI is InChI=1S/C28H32F2N6O3/c1-18(2)24(34(15-7-14-31)26(37)21-12-10-19(3)11-13-21)25-32-22-16-23(39-27(29)30)33-36(22)28(38)35(25)17-20-8-5-4-6-9-20/h4-6,8-13,16,18,24,27H,7,14-15,17,31H2,1-3H3/t24-/m0/s1. The van der Waals surface area contributed by atoms with Crippen LogP contribution in [-0.4, -0.2) is 49.7 Å². The van der Waals surface area contributed by atoms with Crippen molar-refractivity contribution < 1.29 is 18.3 Å². The molecule has 2 aromatic carbocycles. The van der Waals surface area contributed by atoms with Gasteiger partial charge in [0.25, 0.3) is 5.91 Å². The third-order valence-electron chi connectivity index (χ3n) is 6.37. The van der Waals surface area contributed by atoms with Crippen molar-refractivity contribution in [3.05, 3.63) is 93.7 Å². The fourth-order valence-corrected chi connectivity index (χ4v) is 4.54. The Morgan fingerprint density at radius 2 is 1.79 bits per heavy atom. The first kappa shape index (κ1) is 27.9. The van der Waals surface area contributed by atoms with E-state index in [-0.39, 0.29) is 24.0 Å². The molecule has 0 aliphatic carbocycles. The van der Waals surface area contributed by atoms with Gasteiger partial charge in [-0.15, -0.1) is 5.10 Å². The lowest BCUT2D eigenvalue weighted by Gasteiger charge is -2.35. The van der Waals surface area contributed by atoms with Crippen molar-refractivity contribution >= 4 is 11.6 Å². The summed E-state index contributed by atoms with van der Waals surface area (Å²) in [6.45, 7) is 3.54. The summed E-state index contributed by atoms with van der Waals surface area (Å²) in [6.07, 6.45) is 0.533. The average Bonchev–Trinajstić information content (AvgIpc) is 3.30. The molecule has 1 amide bonds. The van der Waals surface area contributed by atoms with Gasteiger partial charge < -0.3 is 15.4 Å². The maximum atomic E-state index is 13.9. The first-order valence-electron chi connectivity index (χ1n) is 12.8. The molecule has 0 aliphatic heterocycles. The first-order chi connectivity index (χ1) is 18.7. The van der Waals surface area contributed by atoms with Crippen LogP contribution in [0, 0.1) is 12.8 Å². The molecular weight excluding hydrogens is 506 g/mol. The number of nitrogens with zero attached hydrogens (tertiary/aromatic N) is 5. The topological polar surface area (TPSA) is 108 Å². The molecule has 2 N–H and O–H groups in total. The number of amides is 1. The lowest BCUT2D eigenvalue weighted by Crippen LogP contribution is -2.43. The van der Waals surface area contributed by atoms with Gasteiger partial charge in [0.1, 0.15) is 5.82 Å². The van der Waals surface area contributed by atoms with E-state index >= 15 is 0 Å². The number of hydrogen-bond donors (Lipinski definition) is 1. The Morgan fingerprint density at radius 1 is 1.10 bits per heavy atom. The van der Waals surface area contributed by atoms with Crippen LogP contribution >= 0.6 is 0 Å². The van der Waals surface area contributed by atoms with Gasteiger partial charge in [0.15, 0.2) is 5.65 Å². The number of aryl methyl sites for hydroxylation is 1. The normalized spacial score (nSPS) is 12.3. The molecule has 4 rings (SSSR count). The summed E-state index contributed by atoms with van der Waals surface area (Å²) in [6, 6.07) is 17.1. The van der Waals surface area contributed by atoms with Gasteiger partial charge in [-0.3, -0.25) is 9.36 Å². The summed E-state index contributed by atoms with van der Waals surface area (Å²) in [5.41, 5.74) is 7.62. The Kier molecular flexibility index (Phi) is 8.70. The fourth-order valence-electron chi connectivity index (χ4n) is 4.54. The summed E-state index contributed by atoms with van der Waals surface area (Å²) in [7, 11) is 0. The molecule has 0 saturated carbocycles. The maximum Gasteiger partial charge on any atom is 0.388 e. The Balaban J connectivity index is 1.91. The van der Waals surface area contributed by atoms with Crippen LogP contribution in [0.4, 0.5) is 8.78 Å². The van der Waals surface area contributed by atoms with Crippen LogP contribution in [0.5, 0.6) is 5.88 Å². The Bertz CT molecular complexity index is 1470. The molecule has 0 unspecified atom stereocenters. The second-order valence-corrected chi connectivity index (χ2v) is 9.65. The zero-order chi connectivity index (χ0) is 28.1. The van der Waals surface area contributed by atoms with Gasteiger partial charge >= 0.3 is 12.3 Å². The largest absolute Gasteiger partial charge is 0.415 e. The number of nitrogens with two attached hydrogens (primary N) is 1. The van der Waals surface area contributed by atoms with E-state index in [0.29, 0.717) is 30.9 Å². The van der Waals surface area contributed by atoms with Crippen molar-refractivity contribution in [2.75, 3.05) is 13.1 Å². The highest BCUT2D eigenvalue weighted by Crippen LogP contribution is 2.30. The number of benzene rings is 2. The van der Waals surface area contributed by atoms with Gasteiger partial charge in [-0.25, -0.2) is 9.78 Å². The number of ether oxygens (including phenoxy) is 1. The minimum atomic E-state index is -3.11. The molecule has 0 fully saturated rings. The van der Waals surface area contributed by atoms with Crippen molar-refractivity contribution in [2.24, 2.45) is 11.7 Å². The van der Waals surface area contributed by atoms with Crippen LogP contribution < -0.4 is 16.2 Å². The van der Waals surface area contributed by atoms with Crippen LogP contribution in [0.3, 0.4) is 0 Å². The predicted molar refractivity (Wildman–Crippen MR) is 143 cm³/mol. The van der Waals surface area contributed by atoms with E-state index in [1.54, 1.807) is 17.0 Å². The molecule has 0 aliphatic rings. The van der Waals surface area contributed by atoms with Crippen molar-refractivity contribution in [1.82, 2.24) is 24.1 Å². The summed E-state index contributed by atoms with van der Waals surface area (Å²) in [4.78, 5) is 34.0. The second-order valence-electron chi connectivity index (χ2n) is 9.65. The van der Waals surface area contributed by atoms with Gasteiger partial charge in [-0.05, 0) is 43.5 Å². The number of hydrogen-bond acceptors (Lipinski definition) is 6. The predicted octanol–water partition coefficient (Wildman–Crippen LogP) is 4.04. The van der Waals surface area contributed by atoms with Gasteiger partial charge in [-0.2, -0.15) is 13.3 Å². The lowest BCUT2D eigenvalue weighted by molar-refractivity contribution is -0.0530. The third kappa shape index (κ3) is 6.31. The second kappa shape index (κ2) is 12.2. The summed E-state index contributed by atoms with van der Waals surface area (Å²) in [5.74, 6) is -0.506. The van der Waals surface area contributed by atoms with Crippen molar-refractivity contribution in [3.8, 4) is 5.88 Å². The van der Waals surface area contributed by atoms with Crippen LogP contribution in [0.1, 0.15) is 53.6 Å². The van der Waals surface area contributed by atoms with Gasteiger partial charge in [0.2, 0.25) is 5.88 Å². The van der Waals surface area contributed by atoms with Crippen molar-refractivity contribution in [3.63, 3.8) is 0 Å². The van der Waals surface area contributed by atoms with E-state index < -0.39 is 24.2 Å². The van der Waals surface area contributed by atoms with E-state index in [1.807, 2.05) is 63.2 Å². The quantitative estimate of drug-likeness (QED) is 0.309. The Labute approximate surface area is 224 Å².